The molecule has 0 radical (unpaired) electrons. The summed E-state index contributed by atoms with van der Waals surface area (Å²) in [6.07, 6.45) is 0.414. The fourth-order valence-electron chi connectivity index (χ4n) is 1.68. The predicted molar refractivity (Wildman–Crippen MR) is 64.7 cm³/mol. The first-order valence-corrected chi connectivity index (χ1v) is 6.35. The summed E-state index contributed by atoms with van der Waals surface area (Å²) in [5.74, 6) is 0. The van der Waals surface area contributed by atoms with Crippen molar-refractivity contribution in [3.63, 3.8) is 0 Å². The molecule has 7 heteroatoms. The van der Waals surface area contributed by atoms with Crippen LogP contribution < -0.4 is 11.2 Å². The SMILES string of the molecule is O=c1ccn([C@H]2C[C@H](O)[C@@H](CI)O2)c(=O)[nH]1. The number of aliphatic hydroxyl groups is 1. The van der Waals surface area contributed by atoms with Crippen molar-refractivity contribution in [3.05, 3.63) is 33.1 Å². The van der Waals surface area contributed by atoms with Gasteiger partial charge < -0.3 is 9.84 Å². The summed E-state index contributed by atoms with van der Waals surface area (Å²) in [6, 6.07) is 1.26. The fraction of sp³-hybridized carbons (Fsp3) is 0.556. The summed E-state index contributed by atoms with van der Waals surface area (Å²) in [5.41, 5.74) is -0.955. The second-order valence-electron chi connectivity index (χ2n) is 3.60. The zero-order chi connectivity index (χ0) is 11.7. The van der Waals surface area contributed by atoms with Crippen molar-refractivity contribution < 1.29 is 9.84 Å². The number of alkyl halides is 1. The largest absolute Gasteiger partial charge is 0.390 e. The normalized spacial score (nSPS) is 29.5. The quantitative estimate of drug-likeness (QED) is 0.569. The highest BCUT2D eigenvalue weighted by molar-refractivity contribution is 14.1. The maximum atomic E-state index is 11.5. The Balaban J connectivity index is 2.27. The minimum atomic E-state index is -0.569. The van der Waals surface area contributed by atoms with Crippen molar-refractivity contribution in [3.8, 4) is 0 Å². The van der Waals surface area contributed by atoms with E-state index in [0.29, 0.717) is 10.8 Å². The lowest BCUT2D eigenvalue weighted by Gasteiger charge is -2.13. The van der Waals surface area contributed by atoms with E-state index in [4.69, 9.17) is 4.74 Å². The van der Waals surface area contributed by atoms with Crippen molar-refractivity contribution in [1.82, 2.24) is 9.55 Å². The van der Waals surface area contributed by atoms with Crippen LogP contribution in [0.1, 0.15) is 12.6 Å². The first-order valence-electron chi connectivity index (χ1n) is 4.83. The van der Waals surface area contributed by atoms with Gasteiger partial charge in [-0.05, 0) is 0 Å². The maximum Gasteiger partial charge on any atom is 0.330 e. The number of nitrogens with one attached hydrogen (secondary N) is 1. The van der Waals surface area contributed by atoms with Gasteiger partial charge in [-0.3, -0.25) is 14.3 Å². The second kappa shape index (κ2) is 4.68. The van der Waals surface area contributed by atoms with E-state index in [-0.39, 0.29) is 6.10 Å². The molecule has 1 aromatic heterocycles. The molecule has 0 aromatic carbocycles. The monoisotopic (exact) mass is 338 g/mol. The van der Waals surface area contributed by atoms with Gasteiger partial charge in [-0.2, -0.15) is 0 Å². The molecule has 2 N–H and O–H groups in total. The number of H-pyrrole nitrogens is 1. The van der Waals surface area contributed by atoms with Crippen LogP contribution in [0.4, 0.5) is 0 Å². The first-order chi connectivity index (χ1) is 7.61. The summed E-state index contributed by atoms with van der Waals surface area (Å²) < 4.78 is 7.46. The summed E-state index contributed by atoms with van der Waals surface area (Å²) >= 11 is 2.12. The van der Waals surface area contributed by atoms with Gasteiger partial charge in [0.1, 0.15) is 6.23 Å². The topological polar surface area (TPSA) is 84.3 Å². The highest BCUT2D eigenvalue weighted by Crippen LogP contribution is 2.28. The Morgan fingerprint density at radius 2 is 2.38 bits per heavy atom. The number of hydrogen-bond donors (Lipinski definition) is 2. The molecule has 0 aliphatic carbocycles. The molecule has 0 bridgehead atoms. The summed E-state index contributed by atoms with van der Waals surface area (Å²) in [4.78, 5) is 24.5. The van der Waals surface area contributed by atoms with Crippen LogP contribution in [0.5, 0.6) is 0 Å². The van der Waals surface area contributed by atoms with Gasteiger partial charge in [-0.15, -0.1) is 0 Å². The van der Waals surface area contributed by atoms with Crippen LogP contribution in [0.25, 0.3) is 0 Å². The molecule has 6 nitrogen and oxygen atoms in total. The van der Waals surface area contributed by atoms with Crippen LogP contribution in [0.15, 0.2) is 21.9 Å². The molecular weight excluding hydrogens is 327 g/mol. The Morgan fingerprint density at radius 1 is 1.62 bits per heavy atom. The number of aliphatic hydroxyl groups excluding tert-OH is 1. The van der Waals surface area contributed by atoms with Crippen LogP contribution in [0.2, 0.25) is 0 Å². The maximum absolute atomic E-state index is 11.5. The lowest BCUT2D eigenvalue weighted by molar-refractivity contribution is -0.00610. The fourth-order valence-corrected chi connectivity index (χ4v) is 2.47. The van der Waals surface area contributed by atoms with Gasteiger partial charge in [0, 0.05) is 23.1 Å². The van der Waals surface area contributed by atoms with Gasteiger partial charge in [0.2, 0.25) is 0 Å². The average molecular weight is 338 g/mol. The van der Waals surface area contributed by atoms with Gasteiger partial charge in [0.25, 0.3) is 5.56 Å². The Bertz CT molecular complexity index is 483. The smallest absolute Gasteiger partial charge is 0.330 e. The van der Waals surface area contributed by atoms with Crippen molar-refractivity contribution in [1.29, 1.82) is 0 Å². The summed E-state index contributed by atoms with van der Waals surface area (Å²) in [6.45, 7) is 0. The number of ether oxygens (including phenoxy) is 1. The molecule has 0 amide bonds. The Hall–Kier alpha value is -0.670. The number of hydrogen-bond acceptors (Lipinski definition) is 4. The molecule has 16 heavy (non-hydrogen) atoms. The number of aromatic amines is 1. The third-order valence-electron chi connectivity index (χ3n) is 2.52. The average Bonchev–Trinajstić information content (AvgIpc) is 2.59. The molecule has 2 heterocycles. The van der Waals surface area contributed by atoms with Gasteiger partial charge in [0.05, 0.1) is 12.2 Å². The first kappa shape index (κ1) is 11.8. The molecule has 1 aliphatic rings. The van der Waals surface area contributed by atoms with Crippen LogP contribution in [-0.4, -0.2) is 31.3 Å². The number of nitrogens with zero attached hydrogens (tertiary/aromatic N) is 1. The van der Waals surface area contributed by atoms with Crippen LogP contribution in [0.3, 0.4) is 0 Å². The van der Waals surface area contributed by atoms with Gasteiger partial charge >= 0.3 is 5.69 Å². The Labute approximate surface area is 104 Å². The number of rotatable bonds is 2. The predicted octanol–water partition coefficient (Wildman–Crippen LogP) is -0.380. The second-order valence-corrected chi connectivity index (χ2v) is 4.48. The number of aromatic nitrogens is 2. The molecule has 88 valence electrons. The van der Waals surface area contributed by atoms with E-state index < -0.39 is 23.6 Å². The molecule has 3 atom stereocenters. The van der Waals surface area contributed by atoms with Gasteiger partial charge in [-0.1, -0.05) is 22.6 Å². The zero-order valence-corrected chi connectivity index (χ0v) is 10.5. The molecule has 1 aliphatic heterocycles. The highest BCUT2D eigenvalue weighted by atomic mass is 127. The van der Waals surface area contributed by atoms with E-state index in [1.54, 1.807) is 0 Å². The van der Waals surface area contributed by atoms with E-state index in [1.807, 2.05) is 0 Å². The third kappa shape index (κ3) is 2.20. The van der Waals surface area contributed by atoms with Crippen LogP contribution >= 0.6 is 22.6 Å². The molecule has 1 aromatic rings. The molecular formula is C9H11IN2O4. The third-order valence-corrected chi connectivity index (χ3v) is 3.39. The Kier molecular flexibility index (Phi) is 3.45. The minimum absolute atomic E-state index is 0.260. The van der Waals surface area contributed by atoms with Crippen molar-refractivity contribution in [2.45, 2.75) is 24.9 Å². The standard InChI is InChI=1S/C9H11IN2O4/c10-4-6-5(13)3-8(16-6)12-2-1-7(14)11-9(12)15/h1-2,5-6,8,13H,3-4H2,(H,11,14,15)/t5-,6+,8+/m0/s1. The van der Waals surface area contributed by atoms with E-state index in [0.717, 1.165) is 0 Å². The van der Waals surface area contributed by atoms with Gasteiger partial charge in [0.15, 0.2) is 0 Å². The van der Waals surface area contributed by atoms with E-state index >= 15 is 0 Å². The molecule has 0 spiro atoms. The van der Waals surface area contributed by atoms with Crippen molar-refractivity contribution in [2.24, 2.45) is 0 Å². The lowest BCUT2D eigenvalue weighted by Crippen LogP contribution is -2.31. The molecule has 0 unspecified atom stereocenters. The molecule has 1 saturated heterocycles. The summed E-state index contributed by atoms with van der Waals surface area (Å²) in [5, 5.41) is 9.65. The highest BCUT2D eigenvalue weighted by Gasteiger charge is 2.34. The molecule has 2 rings (SSSR count). The Morgan fingerprint density at radius 3 is 2.94 bits per heavy atom. The van der Waals surface area contributed by atoms with E-state index in [2.05, 4.69) is 27.6 Å². The minimum Gasteiger partial charge on any atom is -0.390 e. The van der Waals surface area contributed by atoms with Crippen molar-refractivity contribution >= 4 is 22.6 Å². The van der Waals surface area contributed by atoms with E-state index in [1.165, 1.54) is 16.8 Å². The number of halogens is 1. The lowest BCUT2D eigenvalue weighted by atomic mass is 10.2. The molecule has 1 fully saturated rings. The van der Waals surface area contributed by atoms with Gasteiger partial charge in [-0.25, -0.2) is 4.79 Å². The molecule has 0 saturated carbocycles. The van der Waals surface area contributed by atoms with Crippen molar-refractivity contribution in [2.75, 3.05) is 4.43 Å². The summed E-state index contributed by atoms with van der Waals surface area (Å²) in [7, 11) is 0. The van der Waals surface area contributed by atoms with Crippen LogP contribution in [0, 0.1) is 0 Å². The zero-order valence-electron chi connectivity index (χ0n) is 8.30. The van der Waals surface area contributed by atoms with E-state index in [9.17, 15) is 14.7 Å². The van der Waals surface area contributed by atoms with Crippen LogP contribution in [-0.2, 0) is 4.74 Å².